The zero-order chi connectivity index (χ0) is 14.0. The fourth-order valence-corrected chi connectivity index (χ4v) is 2.43. The van der Waals surface area contributed by atoms with Crippen molar-refractivity contribution in [2.24, 2.45) is 5.73 Å². The van der Waals surface area contributed by atoms with Crippen LogP contribution in [0.15, 0.2) is 40.9 Å². The molecule has 2 rings (SSSR count). The molecule has 0 aliphatic rings. The lowest BCUT2D eigenvalue weighted by Crippen LogP contribution is -2.14. The van der Waals surface area contributed by atoms with Gasteiger partial charge in [0.25, 0.3) is 0 Å². The van der Waals surface area contributed by atoms with Gasteiger partial charge in [-0.2, -0.15) is 0 Å². The first-order valence-corrected chi connectivity index (χ1v) is 6.74. The van der Waals surface area contributed by atoms with Gasteiger partial charge in [-0.25, -0.2) is 4.39 Å². The van der Waals surface area contributed by atoms with Crippen LogP contribution in [-0.2, 0) is 0 Å². The van der Waals surface area contributed by atoms with E-state index in [2.05, 4.69) is 15.9 Å². The second kappa shape index (κ2) is 5.90. The van der Waals surface area contributed by atoms with Gasteiger partial charge >= 0.3 is 0 Å². The Morgan fingerprint density at radius 3 is 2.63 bits per heavy atom. The normalized spacial score (nSPS) is 12.3. The van der Waals surface area contributed by atoms with Gasteiger partial charge in [0.2, 0.25) is 0 Å². The van der Waals surface area contributed by atoms with E-state index in [1.54, 1.807) is 13.2 Å². The maximum atomic E-state index is 13.9. The third kappa shape index (κ3) is 3.08. The van der Waals surface area contributed by atoms with Gasteiger partial charge < -0.3 is 10.5 Å². The molecule has 0 aromatic heterocycles. The van der Waals surface area contributed by atoms with E-state index in [1.807, 2.05) is 12.1 Å². The first kappa shape index (κ1) is 14.3. The van der Waals surface area contributed by atoms with Gasteiger partial charge in [0.15, 0.2) is 0 Å². The highest BCUT2D eigenvalue weighted by molar-refractivity contribution is 9.10. The summed E-state index contributed by atoms with van der Waals surface area (Å²) in [5.41, 5.74) is 7.16. The molecule has 2 aromatic carbocycles. The van der Waals surface area contributed by atoms with Gasteiger partial charge in [-0.3, -0.25) is 0 Å². The topological polar surface area (TPSA) is 35.2 Å². The average Bonchev–Trinajstić information content (AvgIpc) is 2.40. The van der Waals surface area contributed by atoms with Crippen molar-refractivity contribution in [3.63, 3.8) is 0 Å². The number of rotatable bonds is 3. The Morgan fingerprint density at radius 1 is 1.21 bits per heavy atom. The van der Waals surface area contributed by atoms with E-state index in [9.17, 15) is 4.39 Å². The van der Waals surface area contributed by atoms with Crippen LogP contribution in [-0.4, -0.2) is 7.11 Å². The van der Waals surface area contributed by atoms with Crippen molar-refractivity contribution in [3.05, 3.63) is 62.8 Å². The van der Waals surface area contributed by atoms with Crippen LogP contribution in [0.25, 0.3) is 0 Å². The zero-order valence-electron chi connectivity index (χ0n) is 10.2. The molecule has 0 saturated heterocycles. The molecule has 0 bridgehead atoms. The van der Waals surface area contributed by atoms with Crippen LogP contribution < -0.4 is 10.5 Å². The van der Waals surface area contributed by atoms with Crippen LogP contribution >= 0.6 is 27.5 Å². The first-order valence-electron chi connectivity index (χ1n) is 5.57. The SMILES string of the molecule is COc1ccc(Br)cc1C(N)c1cc(Cl)ccc1F. The maximum Gasteiger partial charge on any atom is 0.128 e. The van der Waals surface area contributed by atoms with E-state index in [0.29, 0.717) is 21.9 Å². The number of benzene rings is 2. The molecule has 0 aliphatic carbocycles. The van der Waals surface area contributed by atoms with Crippen LogP contribution in [0.4, 0.5) is 4.39 Å². The minimum atomic E-state index is -0.647. The Kier molecular flexibility index (Phi) is 4.45. The van der Waals surface area contributed by atoms with Crippen LogP contribution in [0.5, 0.6) is 5.75 Å². The van der Waals surface area contributed by atoms with Crippen molar-refractivity contribution < 1.29 is 9.13 Å². The second-order valence-corrected chi connectivity index (χ2v) is 5.38. The molecule has 0 spiro atoms. The van der Waals surface area contributed by atoms with Crippen LogP contribution in [0, 0.1) is 5.82 Å². The molecule has 2 N–H and O–H groups in total. The van der Waals surface area contributed by atoms with Crippen LogP contribution in [0.2, 0.25) is 5.02 Å². The number of nitrogens with two attached hydrogens (primary N) is 1. The van der Waals surface area contributed by atoms with Gasteiger partial charge in [-0.1, -0.05) is 27.5 Å². The van der Waals surface area contributed by atoms with Crippen molar-refractivity contribution >= 4 is 27.5 Å². The lowest BCUT2D eigenvalue weighted by Gasteiger charge is -2.17. The summed E-state index contributed by atoms with van der Waals surface area (Å²) in [5.74, 6) is 0.217. The summed E-state index contributed by atoms with van der Waals surface area (Å²) < 4.78 is 20.0. The number of hydrogen-bond acceptors (Lipinski definition) is 2. The molecule has 0 amide bonds. The summed E-state index contributed by atoms with van der Waals surface area (Å²) in [5, 5.41) is 0.445. The van der Waals surface area contributed by atoms with E-state index >= 15 is 0 Å². The van der Waals surface area contributed by atoms with Crippen molar-refractivity contribution in [3.8, 4) is 5.75 Å². The Morgan fingerprint density at radius 2 is 1.95 bits per heavy atom. The molecular formula is C14H12BrClFNO. The number of methoxy groups -OCH3 is 1. The largest absolute Gasteiger partial charge is 0.496 e. The van der Waals surface area contributed by atoms with E-state index in [0.717, 1.165) is 4.47 Å². The second-order valence-electron chi connectivity index (χ2n) is 4.03. The molecular weight excluding hydrogens is 333 g/mol. The van der Waals surface area contributed by atoms with Crippen LogP contribution in [0.3, 0.4) is 0 Å². The van der Waals surface area contributed by atoms with Gasteiger partial charge in [0.1, 0.15) is 11.6 Å². The molecule has 0 fully saturated rings. The zero-order valence-corrected chi connectivity index (χ0v) is 12.5. The monoisotopic (exact) mass is 343 g/mol. The molecule has 2 aromatic rings. The predicted molar refractivity (Wildman–Crippen MR) is 78.1 cm³/mol. The Balaban J connectivity index is 2.51. The number of hydrogen-bond donors (Lipinski definition) is 1. The molecule has 0 heterocycles. The molecule has 0 radical (unpaired) electrons. The standard InChI is InChI=1S/C14H12BrClFNO/c1-19-13-5-2-8(15)6-11(13)14(18)10-7-9(16)3-4-12(10)17/h2-7,14H,18H2,1H3. The molecule has 0 aliphatic heterocycles. The van der Waals surface area contributed by atoms with Crippen molar-refractivity contribution in [2.75, 3.05) is 7.11 Å². The summed E-state index contributed by atoms with van der Waals surface area (Å²) in [4.78, 5) is 0. The highest BCUT2D eigenvalue weighted by Gasteiger charge is 2.18. The van der Waals surface area contributed by atoms with Crippen LogP contribution in [0.1, 0.15) is 17.2 Å². The lowest BCUT2D eigenvalue weighted by atomic mass is 9.98. The Labute approximate surface area is 124 Å². The summed E-state index contributed by atoms with van der Waals surface area (Å²) in [7, 11) is 1.55. The summed E-state index contributed by atoms with van der Waals surface area (Å²) in [6, 6.07) is 9.11. The van der Waals surface area contributed by atoms with Gasteiger partial charge in [0, 0.05) is 20.6 Å². The minimum Gasteiger partial charge on any atom is -0.496 e. The highest BCUT2D eigenvalue weighted by atomic mass is 79.9. The Bertz CT molecular complexity index is 606. The fraction of sp³-hybridized carbons (Fsp3) is 0.143. The number of ether oxygens (including phenoxy) is 1. The smallest absolute Gasteiger partial charge is 0.128 e. The van der Waals surface area contributed by atoms with Crippen molar-refractivity contribution in [2.45, 2.75) is 6.04 Å². The van der Waals surface area contributed by atoms with E-state index in [-0.39, 0.29) is 5.82 Å². The molecule has 19 heavy (non-hydrogen) atoms. The fourth-order valence-electron chi connectivity index (χ4n) is 1.87. The van der Waals surface area contributed by atoms with Crippen molar-refractivity contribution in [1.82, 2.24) is 0 Å². The molecule has 0 saturated carbocycles. The molecule has 2 nitrogen and oxygen atoms in total. The Hall–Kier alpha value is -1.10. The predicted octanol–water partition coefficient (Wildman–Crippen LogP) is 4.30. The van der Waals surface area contributed by atoms with E-state index in [1.165, 1.54) is 18.2 Å². The van der Waals surface area contributed by atoms with Gasteiger partial charge in [-0.05, 0) is 36.4 Å². The van der Waals surface area contributed by atoms with Gasteiger partial charge in [0.05, 0.1) is 13.2 Å². The summed E-state index contributed by atoms with van der Waals surface area (Å²) in [6.45, 7) is 0. The molecule has 1 atom stereocenters. The van der Waals surface area contributed by atoms with E-state index < -0.39 is 6.04 Å². The average molecular weight is 345 g/mol. The first-order chi connectivity index (χ1) is 9.02. The van der Waals surface area contributed by atoms with E-state index in [4.69, 9.17) is 22.1 Å². The lowest BCUT2D eigenvalue weighted by molar-refractivity contribution is 0.407. The number of halogens is 3. The summed E-state index contributed by atoms with van der Waals surface area (Å²) >= 11 is 9.26. The quantitative estimate of drug-likeness (QED) is 0.901. The minimum absolute atomic E-state index is 0.337. The third-order valence-corrected chi connectivity index (χ3v) is 3.55. The summed E-state index contributed by atoms with van der Waals surface area (Å²) in [6.07, 6.45) is 0. The maximum absolute atomic E-state index is 13.9. The highest BCUT2D eigenvalue weighted by Crippen LogP contribution is 2.32. The molecule has 1 unspecified atom stereocenters. The van der Waals surface area contributed by atoms with Gasteiger partial charge in [-0.15, -0.1) is 0 Å². The molecule has 100 valence electrons. The van der Waals surface area contributed by atoms with Crippen molar-refractivity contribution in [1.29, 1.82) is 0 Å². The third-order valence-electron chi connectivity index (χ3n) is 2.82. The molecule has 5 heteroatoms.